The SMILES string of the molecule is CC1=C(C)C(=O)O[C@@H]([C@@H](C)[C@H]2CC[C@@]3(C)C4=C(CC[C@]23C)[C@@]2(C)CC[C@H](O)C(C)(C)[C@@H]2CC4)C1. The van der Waals surface area contributed by atoms with Gasteiger partial charge in [-0.1, -0.05) is 58.3 Å². The van der Waals surface area contributed by atoms with Crippen LogP contribution in [0.1, 0.15) is 113 Å². The van der Waals surface area contributed by atoms with Crippen molar-refractivity contribution in [1.82, 2.24) is 0 Å². The summed E-state index contributed by atoms with van der Waals surface area (Å²) in [6.45, 7) is 18.7. The van der Waals surface area contributed by atoms with Crippen molar-refractivity contribution in [2.75, 3.05) is 0 Å². The van der Waals surface area contributed by atoms with Crippen molar-refractivity contribution in [1.29, 1.82) is 0 Å². The number of cyclic esters (lactones) is 1. The Bertz CT molecular complexity index is 956. The highest BCUT2D eigenvalue weighted by molar-refractivity contribution is 5.89. The van der Waals surface area contributed by atoms with Crippen LogP contribution in [0.3, 0.4) is 0 Å². The van der Waals surface area contributed by atoms with Gasteiger partial charge in [-0.25, -0.2) is 4.79 Å². The van der Waals surface area contributed by atoms with E-state index in [9.17, 15) is 9.90 Å². The van der Waals surface area contributed by atoms with Crippen LogP contribution in [-0.2, 0) is 9.53 Å². The molecule has 4 aliphatic carbocycles. The molecule has 0 aromatic rings. The Morgan fingerprint density at radius 3 is 2.32 bits per heavy atom. The number of fused-ring (bicyclic) bond motifs is 4. The van der Waals surface area contributed by atoms with Gasteiger partial charge >= 0.3 is 5.97 Å². The van der Waals surface area contributed by atoms with Crippen LogP contribution in [0.5, 0.6) is 0 Å². The minimum absolute atomic E-state index is 0.00568. The smallest absolute Gasteiger partial charge is 0.333 e. The lowest BCUT2D eigenvalue weighted by molar-refractivity contribution is -0.151. The van der Waals surface area contributed by atoms with Gasteiger partial charge in [-0.3, -0.25) is 0 Å². The maximum absolute atomic E-state index is 12.5. The summed E-state index contributed by atoms with van der Waals surface area (Å²) in [5.41, 5.74) is 6.31. The number of esters is 1. The molecule has 2 saturated carbocycles. The highest BCUT2D eigenvalue weighted by Crippen LogP contribution is 2.72. The number of carbonyl (C=O) groups excluding carboxylic acids is 1. The predicted molar refractivity (Wildman–Crippen MR) is 137 cm³/mol. The van der Waals surface area contributed by atoms with Gasteiger partial charge in [0.1, 0.15) is 6.10 Å². The first-order chi connectivity index (χ1) is 15.8. The lowest BCUT2D eigenvalue weighted by atomic mass is 9.43. The van der Waals surface area contributed by atoms with E-state index >= 15 is 0 Å². The van der Waals surface area contributed by atoms with Gasteiger partial charge in [-0.2, -0.15) is 0 Å². The first-order valence-electron chi connectivity index (χ1n) is 14.1. The fraction of sp³-hybridized carbons (Fsp3) is 0.839. The largest absolute Gasteiger partial charge is 0.458 e. The van der Waals surface area contributed by atoms with E-state index in [1.54, 1.807) is 11.1 Å². The van der Waals surface area contributed by atoms with Crippen LogP contribution in [0, 0.1) is 39.4 Å². The molecule has 0 saturated heterocycles. The quantitative estimate of drug-likeness (QED) is 0.339. The van der Waals surface area contributed by atoms with Crippen LogP contribution in [0.15, 0.2) is 22.3 Å². The van der Waals surface area contributed by atoms with Crippen molar-refractivity contribution in [3.8, 4) is 0 Å². The molecule has 5 aliphatic rings. The van der Waals surface area contributed by atoms with E-state index in [1.165, 1.54) is 44.1 Å². The van der Waals surface area contributed by atoms with Crippen LogP contribution in [0.25, 0.3) is 0 Å². The molecule has 5 rings (SSSR count). The molecular weight excluding hydrogens is 420 g/mol. The molecule has 0 radical (unpaired) electrons. The molecule has 1 N–H and O–H groups in total. The molecule has 0 aromatic carbocycles. The minimum Gasteiger partial charge on any atom is -0.458 e. The summed E-state index contributed by atoms with van der Waals surface area (Å²) >= 11 is 0. The molecular formula is C31H48O3. The summed E-state index contributed by atoms with van der Waals surface area (Å²) < 4.78 is 5.99. The highest BCUT2D eigenvalue weighted by Gasteiger charge is 2.63. The summed E-state index contributed by atoms with van der Waals surface area (Å²) in [5, 5.41) is 10.8. The number of rotatable bonds is 2. The zero-order valence-corrected chi connectivity index (χ0v) is 23.0. The van der Waals surface area contributed by atoms with E-state index in [0.717, 1.165) is 24.8 Å². The van der Waals surface area contributed by atoms with Gasteiger partial charge < -0.3 is 9.84 Å². The first-order valence-corrected chi connectivity index (χ1v) is 14.1. The summed E-state index contributed by atoms with van der Waals surface area (Å²) in [5.74, 6) is 1.45. The Hall–Kier alpha value is -1.09. The van der Waals surface area contributed by atoms with Crippen LogP contribution in [-0.4, -0.2) is 23.3 Å². The summed E-state index contributed by atoms with van der Waals surface area (Å²) in [6, 6.07) is 0. The third-order valence-electron chi connectivity index (χ3n) is 12.7. The van der Waals surface area contributed by atoms with Gasteiger partial charge in [0.25, 0.3) is 0 Å². The molecule has 0 unspecified atom stereocenters. The predicted octanol–water partition coefficient (Wildman–Crippen LogP) is 7.38. The third-order valence-corrected chi connectivity index (χ3v) is 12.7. The van der Waals surface area contributed by atoms with Crippen molar-refractivity contribution < 1.29 is 14.6 Å². The molecule has 3 nitrogen and oxygen atoms in total. The second-order valence-electron chi connectivity index (χ2n) is 14.1. The molecule has 0 bridgehead atoms. The molecule has 1 heterocycles. The maximum atomic E-state index is 12.5. The third kappa shape index (κ3) is 3.07. The van der Waals surface area contributed by atoms with Gasteiger partial charge in [0, 0.05) is 12.0 Å². The molecule has 190 valence electrons. The van der Waals surface area contributed by atoms with Gasteiger partial charge in [0.05, 0.1) is 6.10 Å². The van der Waals surface area contributed by atoms with Crippen molar-refractivity contribution in [2.24, 2.45) is 39.4 Å². The van der Waals surface area contributed by atoms with E-state index in [1.807, 2.05) is 6.92 Å². The second kappa shape index (κ2) is 7.70. The van der Waals surface area contributed by atoms with E-state index < -0.39 is 0 Å². The van der Waals surface area contributed by atoms with Crippen LogP contribution in [0.4, 0.5) is 0 Å². The van der Waals surface area contributed by atoms with E-state index in [-0.39, 0.29) is 39.8 Å². The molecule has 3 heteroatoms. The van der Waals surface area contributed by atoms with Crippen molar-refractivity contribution >= 4 is 5.97 Å². The van der Waals surface area contributed by atoms with Gasteiger partial charge in [0.15, 0.2) is 0 Å². The summed E-state index contributed by atoms with van der Waals surface area (Å²) in [7, 11) is 0. The Kier molecular flexibility index (Phi) is 5.57. The van der Waals surface area contributed by atoms with Crippen molar-refractivity contribution in [2.45, 2.75) is 125 Å². The van der Waals surface area contributed by atoms with Crippen LogP contribution in [0.2, 0.25) is 0 Å². The van der Waals surface area contributed by atoms with Crippen LogP contribution < -0.4 is 0 Å². The maximum Gasteiger partial charge on any atom is 0.333 e. The molecule has 0 spiro atoms. The molecule has 0 amide bonds. The number of ether oxygens (including phenoxy) is 1. The summed E-state index contributed by atoms with van der Waals surface area (Å²) in [4.78, 5) is 12.5. The zero-order valence-electron chi connectivity index (χ0n) is 23.0. The molecule has 2 fully saturated rings. The number of aliphatic hydroxyl groups excluding tert-OH is 1. The van der Waals surface area contributed by atoms with Crippen LogP contribution >= 0.6 is 0 Å². The van der Waals surface area contributed by atoms with Gasteiger partial charge in [-0.15, -0.1) is 0 Å². The van der Waals surface area contributed by atoms with E-state index in [4.69, 9.17) is 4.74 Å². The Labute approximate surface area is 207 Å². The number of hydrogen-bond donors (Lipinski definition) is 1. The molecule has 1 aliphatic heterocycles. The standard InChI is InChI=1S/C31H48O3/c1-18-17-24(34-27(33)19(18)2)20(3)21-11-15-31(8)23-9-10-25-28(4,5)26(32)13-14-29(25,6)22(23)12-16-30(21,31)7/h20-21,24-26,32H,9-17H2,1-8H3/t20-,21+,24+,25-,26-,29+,30+,31-/m0/s1. The van der Waals surface area contributed by atoms with E-state index in [2.05, 4.69) is 48.5 Å². The zero-order chi connectivity index (χ0) is 24.8. The van der Waals surface area contributed by atoms with Crippen molar-refractivity contribution in [3.63, 3.8) is 0 Å². The van der Waals surface area contributed by atoms with Crippen molar-refractivity contribution in [3.05, 3.63) is 22.3 Å². The number of hydrogen-bond acceptors (Lipinski definition) is 3. The molecule has 8 atom stereocenters. The van der Waals surface area contributed by atoms with Gasteiger partial charge in [-0.05, 0) is 105 Å². The summed E-state index contributed by atoms with van der Waals surface area (Å²) in [6.07, 6.45) is 10.2. The average Bonchev–Trinajstić information content (AvgIpc) is 3.05. The van der Waals surface area contributed by atoms with Gasteiger partial charge in [0.2, 0.25) is 0 Å². The average molecular weight is 469 g/mol. The highest BCUT2D eigenvalue weighted by atomic mass is 16.5. The fourth-order valence-electron chi connectivity index (χ4n) is 10.0. The minimum atomic E-state index is -0.173. The number of carbonyl (C=O) groups is 1. The fourth-order valence-corrected chi connectivity index (χ4v) is 10.0. The molecule has 0 aromatic heterocycles. The molecule has 34 heavy (non-hydrogen) atoms. The lowest BCUT2D eigenvalue weighted by Crippen LogP contribution is -2.55. The number of aliphatic hydroxyl groups is 1. The topological polar surface area (TPSA) is 46.5 Å². The first kappa shape index (κ1) is 24.6. The second-order valence-corrected chi connectivity index (χ2v) is 14.1. The number of allylic oxidation sites excluding steroid dienone is 2. The van der Waals surface area contributed by atoms with E-state index in [0.29, 0.717) is 17.8 Å². The monoisotopic (exact) mass is 468 g/mol. The Morgan fingerprint density at radius 1 is 0.941 bits per heavy atom. The Balaban J connectivity index is 1.48. The Morgan fingerprint density at radius 2 is 1.65 bits per heavy atom. The normalized spacial score (nSPS) is 47.0. The lowest BCUT2D eigenvalue weighted by Gasteiger charge is -2.62.